The molecule has 1 unspecified atom stereocenters. The summed E-state index contributed by atoms with van der Waals surface area (Å²) in [5.41, 5.74) is -0.499. The molecular weight excluding hydrogens is 240 g/mol. The van der Waals surface area contributed by atoms with Crippen molar-refractivity contribution in [3.05, 3.63) is 0 Å². The van der Waals surface area contributed by atoms with Crippen LogP contribution >= 0.6 is 11.8 Å². The molecule has 0 radical (unpaired) electrons. The van der Waals surface area contributed by atoms with Crippen molar-refractivity contribution in [2.75, 3.05) is 26.5 Å². The van der Waals surface area contributed by atoms with Crippen molar-refractivity contribution >= 4 is 23.0 Å². The summed E-state index contributed by atoms with van der Waals surface area (Å²) in [5, 5.41) is 0.688. The molecular formula is C11H20N2O3S. The van der Waals surface area contributed by atoms with E-state index in [0.29, 0.717) is 18.3 Å². The van der Waals surface area contributed by atoms with Gasteiger partial charge in [-0.2, -0.15) is 0 Å². The molecule has 0 spiro atoms. The minimum absolute atomic E-state index is 0.0570. The SMILES string of the molecule is COC1CN=C(SC)N(C(=O)OC(C)(C)C)C1. The molecule has 17 heavy (non-hydrogen) atoms. The van der Waals surface area contributed by atoms with E-state index in [2.05, 4.69) is 4.99 Å². The zero-order valence-corrected chi connectivity index (χ0v) is 11.8. The lowest BCUT2D eigenvalue weighted by atomic mass is 10.2. The minimum Gasteiger partial charge on any atom is -0.443 e. The molecule has 0 N–H and O–H groups in total. The van der Waals surface area contributed by atoms with Crippen molar-refractivity contribution < 1.29 is 14.3 Å². The maximum absolute atomic E-state index is 12.0. The maximum Gasteiger partial charge on any atom is 0.416 e. The highest BCUT2D eigenvalue weighted by atomic mass is 32.2. The Hall–Kier alpha value is -0.750. The third-order valence-corrected chi connectivity index (χ3v) is 2.89. The summed E-state index contributed by atoms with van der Waals surface area (Å²) in [5.74, 6) is 0. The van der Waals surface area contributed by atoms with Gasteiger partial charge in [0.25, 0.3) is 0 Å². The van der Waals surface area contributed by atoms with Crippen LogP contribution in [0.3, 0.4) is 0 Å². The summed E-state index contributed by atoms with van der Waals surface area (Å²) in [6.07, 6.45) is 1.47. The zero-order valence-electron chi connectivity index (χ0n) is 11.0. The zero-order chi connectivity index (χ0) is 13.1. The Morgan fingerprint density at radius 3 is 2.65 bits per heavy atom. The van der Waals surface area contributed by atoms with E-state index in [9.17, 15) is 4.79 Å². The second kappa shape index (κ2) is 5.73. The van der Waals surface area contributed by atoms with Crippen molar-refractivity contribution in [1.29, 1.82) is 0 Å². The average molecular weight is 260 g/mol. The number of amidine groups is 1. The number of nitrogens with zero attached hydrogens (tertiary/aromatic N) is 2. The van der Waals surface area contributed by atoms with Gasteiger partial charge in [0.15, 0.2) is 5.17 Å². The van der Waals surface area contributed by atoms with Crippen molar-refractivity contribution in [2.45, 2.75) is 32.5 Å². The van der Waals surface area contributed by atoms with Gasteiger partial charge in [-0.05, 0) is 27.0 Å². The second-order valence-corrected chi connectivity index (χ2v) is 5.55. The third-order valence-electron chi connectivity index (χ3n) is 2.18. The van der Waals surface area contributed by atoms with E-state index in [1.807, 2.05) is 27.0 Å². The fourth-order valence-corrected chi connectivity index (χ4v) is 1.97. The predicted octanol–water partition coefficient (Wildman–Crippen LogP) is 1.97. The Kier molecular flexibility index (Phi) is 4.82. The fraction of sp³-hybridized carbons (Fsp3) is 0.818. The van der Waals surface area contributed by atoms with Crippen LogP contribution in [0.5, 0.6) is 0 Å². The average Bonchev–Trinajstić information content (AvgIpc) is 2.25. The molecule has 5 nitrogen and oxygen atoms in total. The van der Waals surface area contributed by atoms with E-state index in [4.69, 9.17) is 9.47 Å². The van der Waals surface area contributed by atoms with Crippen molar-refractivity contribution in [2.24, 2.45) is 4.99 Å². The van der Waals surface area contributed by atoms with Gasteiger partial charge in [0, 0.05) is 7.11 Å². The van der Waals surface area contributed by atoms with Crippen LogP contribution in [0.25, 0.3) is 0 Å². The number of amides is 1. The van der Waals surface area contributed by atoms with Crippen LogP contribution in [0.4, 0.5) is 4.79 Å². The van der Waals surface area contributed by atoms with Gasteiger partial charge < -0.3 is 9.47 Å². The van der Waals surface area contributed by atoms with Gasteiger partial charge in [0.05, 0.1) is 19.2 Å². The number of thioether (sulfide) groups is 1. The minimum atomic E-state index is -0.499. The molecule has 0 fully saturated rings. The van der Waals surface area contributed by atoms with Crippen LogP contribution in [0.15, 0.2) is 4.99 Å². The van der Waals surface area contributed by atoms with Gasteiger partial charge in [0.1, 0.15) is 5.60 Å². The molecule has 0 saturated heterocycles. The van der Waals surface area contributed by atoms with Crippen LogP contribution in [0, 0.1) is 0 Å². The largest absolute Gasteiger partial charge is 0.443 e. The molecule has 98 valence electrons. The molecule has 1 heterocycles. The van der Waals surface area contributed by atoms with Crippen LogP contribution in [-0.4, -0.2) is 54.3 Å². The monoisotopic (exact) mass is 260 g/mol. The summed E-state index contributed by atoms with van der Waals surface area (Å²) >= 11 is 1.44. The number of carbonyl (C=O) groups is 1. The highest BCUT2D eigenvalue weighted by Crippen LogP contribution is 2.17. The van der Waals surface area contributed by atoms with Crippen molar-refractivity contribution in [1.82, 2.24) is 4.90 Å². The molecule has 0 aromatic heterocycles. The Morgan fingerprint density at radius 2 is 2.18 bits per heavy atom. The van der Waals surface area contributed by atoms with E-state index in [1.54, 1.807) is 7.11 Å². The van der Waals surface area contributed by atoms with Gasteiger partial charge in [-0.25, -0.2) is 4.79 Å². The maximum atomic E-state index is 12.0. The topological polar surface area (TPSA) is 51.1 Å². The van der Waals surface area contributed by atoms with Crippen LogP contribution in [0.2, 0.25) is 0 Å². The summed E-state index contributed by atoms with van der Waals surface area (Å²) in [6, 6.07) is 0. The molecule has 6 heteroatoms. The van der Waals surface area contributed by atoms with E-state index in [0.717, 1.165) is 0 Å². The summed E-state index contributed by atoms with van der Waals surface area (Å²) in [6.45, 7) is 6.62. The number of hydrogen-bond donors (Lipinski definition) is 0. The van der Waals surface area contributed by atoms with E-state index >= 15 is 0 Å². The van der Waals surface area contributed by atoms with Crippen molar-refractivity contribution in [3.8, 4) is 0 Å². The molecule has 1 aliphatic heterocycles. The predicted molar refractivity (Wildman–Crippen MR) is 69.6 cm³/mol. The number of aliphatic imine (C=N–C) groups is 1. The number of rotatable bonds is 1. The Labute approximate surface area is 107 Å². The van der Waals surface area contributed by atoms with Gasteiger partial charge >= 0.3 is 6.09 Å². The van der Waals surface area contributed by atoms with Gasteiger partial charge in [-0.15, -0.1) is 0 Å². The lowest BCUT2D eigenvalue weighted by Gasteiger charge is -2.32. The quantitative estimate of drug-likeness (QED) is 0.723. The highest BCUT2D eigenvalue weighted by Gasteiger charge is 2.30. The standard InChI is InChI=1S/C11H20N2O3S/c1-11(2,3)16-10(14)13-7-8(15-4)6-12-9(13)17-5/h8H,6-7H2,1-5H3. The first-order valence-corrected chi connectivity index (χ1v) is 6.71. The van der Waals surface area contributed by atoms with Gasteiger partial charge in [0.2, 0.25) is 0 Å². The molecule has 0 saturated carbocycles. The van der Waals surface area contributed by atoms with E-state index < -0.39 is 5.60 Å². The number of carbonyl (C=O) groups excluding carboxylic acids is 1. The molecule has 0 bridgehead atoms. The molecule has 0 aromatic carbocycles. The van der Waals surface area contributed by atoms with E-state index in [1.165, 1.54) is 16.7 Å². The smallest absolute Gasteiger partial charge is 0.416 e. The molecule has 1 atom stereocenters. The van der Waals surface area contributed by atoms with Gasteiger partial charge in [-0.3, -0.25) is 9.89 Å². The van der Waals surface area contributed by atoms with Gasteiger partial charge in [-0.1, -0.05) is 11.8 Å². The normalized spacial score (nSPS) is 21.1. The van der Waals surface area contributed by atoms with Crippen LogP contribution in [-0.2, 0) is 9.47 Å². The number of hydrogen-bond acceptors (Lipinski definition) is 5. The lowest BCUT2D eigenvalue weighted by molar-refractivity contribution is 0.0232. The van der Waals surface area contributed by atoms with Crippen molar-refractivity contribution in [3.63, 3.8) is 0 Å². The first-order valence-electron chi connectivity index (χ1n) is 5.49. The first-order chi connectivity index (χ1) is 7.87. The Morgan fingerprint density at radius 1 is 1.53 bits per heavy atom. The van der Waals surface area contributed by atoms with Crippen LogP contribution in [0.1, 0.15) is 20.8 Å². The summed E-state index contributed by atoms with van der Waals surface area (Å²) < 4.78 is 10.6. The number of methoxy groups -OCH3 is 1. The molecule has 0 aliphatic carbocycles. The fourth-order valence-electron chi connectivity index (χ4n) is 1.40. The third kappa shape index (κ3) is 4.20. The summed E-state index contributed by atoms with van der Waals surface area (Å²) in [7, 11) is 1.62. The second-order valence-electron chi connectivity index (χ2n) is 4.78. The first kappa shape index (κ1) is 14.3. The van der Waals surface area contributed by atoms with E-state index in [-0.39, 0.29) is 12.2 Å². The highest BCUT2D eigenvalue weighted by molar-refractivity contribution is 8.13. The molecule has 1 aliphatic rings. The Balaban J connectivity index is 2.75. The molecule has 1 rings (SSSR count). The summed E-state index contributed by atoms with van der Waals surface area (Å²) in [4.78, 5) is 17.8. The lowest BCUT2D eigenvalue weighted by Crippen LogP contribution is -2.47. The van der Waals surface area contributed by atoms with Crippen LogP contribution < -0.4 is 0 Å². The molecule has 1 amide bonds. The molecule has 0 aromatic rings. The number of ether oxygens (including phenoxy) is 2. The Bertz CT molecular complexity index is 312.